The molecule has 1 heterocycles. The van der Waals surface area contributed by atoms with Crippen LogP contribution in [0.4, 0.5) is 0 Å². The Bertz CT molecular complexity index is 475. The summed E-state index contributed by atoms with van der Waals surface area (Å²) < 4.78 is 32.3. The molecule has 1 aromatic rings. The second-order valence-corrected chi connectivity index (χ2v) is 6.22. The molecule has 1 aromatic carbocycles. The average Bonchev–Trinajstić information content (AvgIpc) is 2.39. The van der Waals surface area contributed by atoms with Gasteiger partial charge in [-0.1, -0.05) is 19.1 Å². The van der Waals surface area contributed by atoms with Crippen LogP contribution in [0.5, 0.6) is 0 Å². The second-order valence-electron chi connectivity index (χ2n) is 4.51. The lowest BCUT2D eigenvalue weighted by molar-refractivity contribution is 0.0832. The van der Waals surface area contributed by atoms with Crippen molar-refractivity contribution in [1.29, 1.82) is 0 Å². The Morgan fingerprint density at radius 3 is 2.39 bits per heavy atom. The van der Waals surface area contributed by atoms with Gasteiger partial charge in [-0.25, -0.2) is 13.1 Å². The van der Waals surface area contributed by atoms with E-state index in [0.29, 0.717) is 18.1 Å². The van der Waals surface area contributed by atoms with Gasteiger partial charge < -0.3 is 4.74 Å². The van der Waals surface area contributed by atoms with E-state index in [-0.39, 0.29) is 6.04 Å². The minimum absolute atomic E-state index is 0.00500. The standard InChI is InChI=1S/C13H19NO3S/c1-2-11-3-5-13(6-4-11)18(15,16)14-12-7-9-17-10-8-12/h3-6,12,14H,2,7-10H2,1H3. The van der Waals surface area contributed by atoms with Crippen molar-refractivity contribution in [3.63, 3.8) is 0 Å². The topological polar surface area (TPSA) is 55.4 Å². The molecule has 18 heavy (non-hydrogen) atoms. The van der Waals surface area contributed by atoms with Crippen molar-refractivity contribution >= 4 is 10.0 Å². The first-order valence-corrected chi connectivity index (χ1v) is 7.79. The number of hydrogen-bond acceptors (Lipinski definition) is 3. The predicted molar refractivity (Wildman–Crippen MR) is 70.0 cm³/mol. The van der Waals surface area contributed by atoms with Gasteiger partial charge in [-0.05, 0) is 37.0 Å². The molecular weight excluding hydrogens is 250 g/mol. The van der Waals surface area contributed by atoms with Crippen molar-refractivity contribution in [2.75, 3.05) is 13.2 Å². The quantitative estimate of drug-likeness (QED) is 0.905. The van der Waals surface area contributed by atoms with E-state index in [1.54, 1.807) is 12.1 Å². The Morgan fingerprint density at radius 2 is 1.83 bits per heavy atom. The third kappa shape index (κ3) is 3.31. The molecule has 1 aliphatic rings. The van der Waals surface area contributed by atoms with Crippen LogP contribution in [-0.2, 0) is 21.2 Å². The maximum absolute atomic E-state index is 12.1. The van der Waals surface area contributed by atoms with Gasteiger partial charge in [-0.3, -0.25) is 0 Å². The highest BCUT2D eigenvalue weighted by Crippen LogP contribution is 2.14. The third-order valence-corrected chi connectivity index (χ3v) is 4.72. The monoisotopic (exact) mass is 269 g/mol. The molecule has 1 fully saturated rings. The Balaban J connectivity index is 2.08. The zero-order valence-electron chi connectivity index (χ0n) is 10.6. The highest BCUT2D eigenvalue weighted by molar-refractivity contribution is 7.89. The first-order valence-electron chi connectivity index (χ1n) is 6.31. The minimum Gasteiger partial charge on any atom is -0.381 e. The third-order valence-electron chi connectivity index (χ3n) is 3.19. The van der Waals surface area contributed by atoms with Crippen LogP contribution in [0.3, 0.4) is 0 Å². The highest BCUT2D eigenvalue weighted by Gasteiger charge is 2.21. The Hall–Kier alpha value is -0.910. The number of nitrogens with one attached hydrogen (secondary N) is 1. The van der Waals surface area contributed by atoms with E-state index in [2.05, 4.69) is 4.72 Å². The maximum atomic E-state index is 12.1. The fraction of sp³-hybridized carbons (Fsp3) is 0.538. The summed E-state index contributed by atoms with van der Waals surface area (Å²) in [6.07, 6.45) is 2.40. The second kappa shape index (κ2) is 5.82. The summed E-state index contributed by atoms with van der Waals surface area (Å²) in [5, 5.41) is 0. The van der Waals surface area contributed by atoms with Crippen molar-refractivity contribution < 1.29 is 13.2 Å². The van der Waals surface area contributed by atoms with Crippen molar-refractivity contribution in [2.24, 2.45) is 0 Å². The summed E-state index contributed by atoms with van der Waals surface area (Å²) in [4.78, 5) is 0.339. The van der Waals surface area contributed by atoms with E-state index in [9.17, 15) is 8.42 Å². The molecule has 0 saturated carbocycles. The van der Waals surface area contributed by atoms with Gasteiger partial charge in [0, 0.05) is 19.3 Å². The molecule has 2 rings (SSSR count). The van der Waals surface area contributed by atoms with Crippen LogP contribution in [0.2, 0.25) is 0 Å². The van der Waals surface area contributed by atoms with Crippen molar-refractivity contribution in [2.45, 2.75) is 37.1 Å². The predicted octanol–water partition coefficient (Wildman–Crippen LogP) is 1.71. The van der Waals surface area contributed by atoms with Crippen LogP contribution in [0.1, 0.15) is 25.3 Å². The van der Waals surface area contributed by atoms with Gasteiger partial charge in [0.25, 0.3) is 0 Å². The summed E-state index contributed by atoms with van der Waals surface area (Å²) in [5.74, 6) is 0. The lowest BCUT2D eigenvalue weighted by atomic mass is 10.1. The van der Waals surface area contributed by atoms with Gasteiger partial charge in [-0.15, -0.1) is 0 Å². The molecule has 100 valence electrons. The molecule has 0 unspecified atom stereocenters. The molecule has 1 saturated heterocycles. The largest absolute Gasteiger partial charge is 0.381 e. The Kier molecular flexibility index (Phi) is 4.37. The van der Waals surface area contributed by atoms with Crippen molar-refractivity contribution in [3.8, 4) is 0 Å². The molecule has 5 heteroatoms. The van der Waals surface area contributed by atoms with Crippen LogP contribution in [0.15, 0.2) is 29.2 Å². The molecule has 0 aromatic heterocycles. The van der Waals surface area contributed by atoms with Gasteiger partial charge in [0.1, 0.15) is 0 Å². The average molecular weight is 269 g/mol. The molecular formula is C13H19NO3S. The molecule has 0 atom stereocenters. The zero-order valence-corrected chi connectivity index (χ0v) is 11.4. The first kappa shape index (κ1) is 13.5. The lowest BCUT2D eigenvalue weighted by Crippen LogP contribution is -2.38. The number of rotatable bonds is 4. The molecule has 1 aliphatic heterocycles. The summed E-state index contributed by atoms with van der Waals surface area (Å²) >= 11 is 0. The Morgan fingerprint density at radius 1 is 1.22 bits per heavy atom. The van der Waals surface area contributed by atoms with Crippen molar-refractivity contribution in [3.05, 3.63) is 29.8 Å². The molecule has 0 amide bonds. The van der Waals surface area contributed by atoms with Crippen LogP contribution in [-0.4, -0.2) is 27.7 Å². The summed E-state index contributed by atoms with van der Waals surface area (Å²) in [5.41, 5.74) is 1.14. The van der Waals surface area contributed by atoms with Gasteiger partial charge in [0.2, 0.25) is 10.0 Å². The fourth-order valence-electron chi connectivity index (χ4n) is 2.01. The van der Waals surface area contributed by atoms with E-state index < -0.39 is 10.0 Å². The van der Waals surface area contributed by atoms with Gasteiger partial charge in [0.15, 0.2) is 0 Å². The van der Waals surface area contributed by atoms with E-state index in [1.807, 2.05) is 19.1 Å². The number of benzene rings is 1. The van der Waals surface area contributed by atoms with Crippen molar-refractivity contribution in [1.82, 2.24) is 4.72 Å². The maximum Gasteiger partial charge on any atom is 0.240 e. The minimum atomic E-state index is -3.39. The molecule has 1 N–H and O–H groups in total. The summed E-state index contributed by atoms with van der Waals surface area (Å²) in [7, 11) is -3.39. The van der Waals surface area contributed by atoms with E-state index >= 15 is 0 Å². The van der Waals surface area contributed by atoms with E-state index in [0.717, 1.165) is 24.8 Å². The molecule has 4 nitrogen and oxygen atoms in total. The van der Waals surface area contributed by atoms with E-state index in [4.69, 9.17) is 4.74 Å². The smallest absolute Gasteiger partial charge is 0.240 e. The summed E-state index contributed by atoms with van der Waals surface area (Å²) in [6.45, 7) is 3.30. The zero-order chi connectivity index (χ0) is 13.0. The summed E-state index contributed by atoms with van der Waals surface area (Å²) in [6, 6.07) is 7.05. The normalized spacial score (nSPS) is 17.8. The Labute approximate surface area is 108 Å². The van der Waals surface area contributed by atoms with Gasteiger partial charge >= 0.3 is 0 Å². The van der Waals surface area contributed by atoms with Gasteiger partial charge in [-0.2, -0.15) is 0 Å². The van der Waals surface area contributed by atoms with Crippen LogP contribution in [0, 0.1) is 0 Å². The fourth-order valence-corrected chi connectivity index (χ4v) is 3.31. The van der Waals surface area contributed by atoms with Gasteiger partial charge in [0.05, 0.1) is 4.90 Å². The first-order chi connectivity index (χ1) is 8.62. The van der Waals surface area contributed by atoms with E-state index in [1.165, 1.54) is 0 Å². The number of hydrogen-bond donors (Lipinski definition) is 1. The number of sulfonamides is 1. The van der Waals surface area contributed by atoms with Crippen LogP contribution >= 0.6 is 0 Å². The molecule has 0 spiro atoms. The lowest BCUT2D eigenvalue weighted by Gasteiger charge is -2.22. The molecule has 0 bridgehead atoms. The van der Waals surface area contributed by atoms with Crippen LogP contribution < -0.4 is 4.72 Å². The molecule has 0 radical (unpaired) electrons. The highest BCUT2D eigenvalue weighted by atomic mass is 32.2. The molecule has 0 aliphatic carbocycles. The number of aryl methyl sites for hydroxylation is 1. The number of ether oxygens (including phenoxy) is 1. The SMILES string of the molecule is CCc1ccc(S(=O)(=O)NC2CCOCC2)cc1. The van der Waals surface area contributed by atoms with Crippen LogP contribution in [0.25, 0.3) is 0 Å².